The van der Waals surface area contributed by atoms with Crippen molar-refractivity contribution in [2.24, 2.45) is 0 Å². The van der Waals surface area contributed by atoms with Crippen LogP contribution in [0.1, 0.15) is 6.42 Å². The van der Waals surface area contributed by atoms with Gasteiger partial charge in [0.2, 0.25) is 0 Å². The first-order valence-electron chi connectivity index (χ1n) is 3.11. The molecule has 0 unspecified atom stereocenters. The van der Waals surface area contributed by atoms with Crippen LogP contribution >= 0.6 is 15.9 Å². The summed E-state index contributed by atoms with van der Waals surface area (Å²) in [5, 5.41) is 0. The number of hydrogen-bond donors (Lipinski definition) is 0. The molecule has 0 saturated heterocycles. The standard InChI is InChI=1S/C7H8BrO2S/c1-11(9,10)7-4-2-3-6(8)5-7/h3-5H,2H2,1H3. The fourth-order valence-electron chi connectivity index (χ4n) is 0.800. The van der Waals surface area contributed by atoms with Crippen molar-refractivity contribution >= 4 is 25.8 Å². The molecule has 1 radical (unpaired) electrons. The molecule has 1 rings (SSSR count). The molecule has 1 aliphatic carbocycles. The van der Waals surface area contributed by atoms with Crippen molar-refractivity contribution in [1.29, 1.82) is 0 Å². The molecular formula is C7H8BrO2S. The fourth-order valence-corrected chi connectivity index (χ4v) is 2.12. The summed E-state index contributed by atoms with van der Waals surface area (Å²) in [7, 11) is -3.02. The Morgan fingerprint density at radius 2 is 2.18 bits per heavy atom. The summed E-state index contributed by atoms with van der Waals surface area (Å²) >= 11 is 3.22. The van der Waals surface area contributed by atoms with Crippen LogP contribution in [0.5, 0.6) is 0 Å². The Morgan fingerprint density at radius 1 is 1.55 bits per heavy atom. The highest BCUT2D eigenvalue weighted by Gasteiger charge is 2.11. The fraction of sp³-hybridized carbons (Fsp3) is 0.286. The highest BCUT2D eigenvalue weighted by Crippen LogP contribution is 2.23. The molecule has 2 nitrogen and oxygen atoms in total. The van der Waals surface area contributed by atoms with E-state index < -0.39 is 9.84 Å². The highest BCUT2D eigenvalue weighted by atomic mass is 79.9. The maximum absolute atomic E-state index is 11.0. The Bertz CT molecular complexity index is 311. The van der Waals surface area contributed by atoms with Gasteiger partial charge in [0, 0.05) is 17.2 Å². The normalized spacial score (nSPS) is 19.1. The Hall–Kier alpha value is -0.0900. The lowest BCUT2D eigenvalue weighted by Crippen LogP contribution is -2.01. The molecule has 1 aliphatic rings. The molecule has 4 heteroatoms. The molecular weight excluding hydrogens is 228 g/mol. The number of hydrogen-bond acceptors (Lipinski definition) is 2. The maximum Gasteiger partial charge on any atom is 0.175 e. The second-order valence-corrected chi connectivity index (χ2v) is 5.28. The van der Waals surface area contributed by atoms with Crippen molar-refractivity contribution in [2.75, 3.05) is 6.26 Å². The molecule has 0 fully saturated rings. The number of allylic oxidation sites excluding steroid dienone is 3. The average molecular weight is 236 g/mol. The van der Waals surface area contributed by atoms with E-state index in [1.165, 1.54) is 6.26 Å². The summed E-state index contributed by atoms with van der Waals surface area (Å²) in [6, 6.07) is 0. The zero-order valence-electron chi connectivity index (χ0n) is 6.04. The molecule has 0 aromatic rings. The van der Waals surface area contributed by atoms with Gasteiger partial charge in [-0.05, 0) is 12.5 Å². The van der Waals surface area contributed by atoms with Crippen LogP contribution in [-0.2, 0) is 9.84 Å². The third-order valence-corrected chi connectivity index (χ3v) is 3.03. The van der Waals surface area contributed by atoms with E-state index in [0.29, 0.717) is 11.3 Å². The van der Waals surface area contributed by atoms with Crippen LogP contribution in [0, 0.1) is 6.42 Å². The third-order valence-electron chi connectivity index (χ3n) is 1.34. The highest BCUT2D eigenvalue weighted by molar-refractivity contribution is 9.11. The number of rotatable bonds is 1. The van der Waals surface area contributed by atoms with Gasteiger partial charge in [-0.15, -0.1) is 0 Å². The number of sulfone groups is 1. The van der Waals surface area contributed by atoms with Gasteiger partial charge in [-0.3, -0.25) is 0 Å². The molecule has 0 spiro atoms. The Kier molecular flexibility index (Phi) is 2.54. The van der Waals surface area contributed by atoms with Crippen LogP contribution < -0.4 is 0 Å². The van der Waals surface area contributed by atoms with E-state index in [0.717, 1.165) is 4.48 Å². The van der Waals surface area contributed by atoms with E-state index in [1.807, 2.05) is 6.42 Å². The summed E-state index contributed by atoms with van der Waals surface area (Å²) in [5.41, 5.74) is 0. The van der Waals surface area contributed by atoms with E-state index in [-0.39, 0.29) is 0 Å². The molecule has 0 aromatic carbocycles. The van der Waals surface area contributed by atoms with Gasteiger partial charge in [-0.25, -0.2) is 8.42 Å². The van der Waals surface area contributed by atoms with E-state index in [2.05, 4.69) is 15.9 Å². The Balaban J connectivity index is 3.01. The van der Waals surface area contributed by atoms with Gasteiger partial charge in [0.1, 0.15) is 0 Å². The average Bonchev–Trinajstić information content (AvgIpc) is 1.86. The van der Waals surface area contributed by atoms with Crippen molar-refractivity contribution in [3.05, 3.63) is 28.0 Å². The van der Waals surface area contributed by atoms with E-state index in [1.54, 1.807) is 12.2 Å². The predicted molar refractivity (Wildman–Crippen MR) is 48.9 cm³/mol. The quantitative estimate of drug-likeness (QED) is 0.695. The molecule has 0 N–H and O–H groups in total. The topological polar surface area (TPSA) is 34.1 Å². The van der Waals surface area contributed by atoms with Gasteiger partial charge in [-0.1, -0.05) is 22.0 Å². The van der Waals surface area contributed by atoms with Crippen LogP contribution in [0.3, 0.4) is 0 Å². The van der Waals surface area contributed by atoms with Crippen LogP contribution in [0.15, 0.2) is 21.5 Å². The maximum atomic E-state index is 11.0. The second kappa shape index (κ2) is 3.11. The molecule has 0 bridgehead atoms. The largest absolute Gasteiger partial charge is 0.224 e. The molecule has 0 atom stereocenters. The lowest BCUT2D eigenvalue weighted by Gasteiger charge is -2.06. The first-order chi connectivity index (χ1) is 5.00. The lowest BCUT2D eigenvalue weighted by atomic mass is 10.2. The van der Waals surface area contributed by atoms with Crippen molar-refractivity contribution in [1.82, 2.24) is 0 Å². The monoisotopic (exact) mass is 235 g/mol. The molecule has 0 aliphatic heterocycles. The molecule has 0 saturated carbocycles. The second-order valence-electron chi connectivity index (χ2n) is 2.35. The zero-order valence-corrected chi connectivity index (χ0v) is 8.44. The van der Waals surface area contributed by atoms with Gasteiger partial charge in [0.05, 0.1) is 4.91 Å². The molecule has 0 amide bonds. The molecule has 61 valence electrons. The summed E-state index contributed by atoms with van der Waals surface area (Å²) in [5.74, 6) is 0. The smallest absolute Gasteiger partial charge is 0.175 e. The molecule has 0 aromatic heterocycles. The van der Waals surface area contributed by atoms with Crippen LogP contribution in [0.2, 0.25) is 0 Å². The number of halogens is 1. The van der Waals surface area contributed by atoms with Crippen LogP contribution in [-0.4, -0.2) is 14.7 Å². The van der Waals surface area contributed by atoms with E-state index >= 15 is 0 Å². The summed E-state index contributed by atoms with van der Waals surface area (Å²) < 4.78 is 22.8. The van der Waals surface area contributed by atoms with Crippen molar-refractivity contribution in [3.63, 3.8) is 0 Å². The van der Waals surface area contributed by atoms with Gasteiger partial charge >= 0.3 is 0 Å². The summed E-state index contributed by atoms with van der Waals surface area (Å²) in [6.07, 6.45) is 7.11. The lowest BCUT2D eigenvalue weighted by molar-refractivity contribution is 0.608. The van der Waals surface area contributed by atoms with Crippen LogP contribution in [0.4, 0.5) is 0 Å². The van der Waals surface area contributed by atoms with Gasteiger partial charge in [0.15, 0.2) is 9.84 Å². The Labute approximate surface area is 75.0 Å². The molecule has 0 heterocycles. The summed E-state index contributed by atoms with van der Waals surface area (Å²) in [4.78, 5) is 0.395. The predicted octanol–water partition coefficient (Wildman–Crippen LogP) is 1.80. The van der Waals surface area contributed by atoms with E-state index in [4.69, 9.17) is 0 Å². The minimum absolute atomic E-state index is 0.395. The van der Waals surface area contributed by atoms with Crippen molar-refractivity contribution in [2.45, 2.75) is 6.42 Å². The minimum Gasteiger partial charge on any atom is -0.224 e. The minimum atomic E-state index is -3.02. The zero-order chi connectivity index (χ0) is 8.48. The summed E-state index contributed by atoms with van der Waals surface area (Å²) in [6.45, 7) is 0. The molecule has 11 heavy (non-hydrogen) atoms. The van der Waals surface area contributed by atoms with E-state index in [9.17, 15) is 8.42 Å². The first-order valence-corrected chi connectivity index (χ1v) is 5.79. The SMILES string of the molecule is CS(=O)(=O)C1=CC[CH]C(Br)=C1. The first kappa shape index (κ1) is 9.00. The van der Waals surface area contributed by atoms with Gasteiger partial charge in [-0.2, -0.15) is 0 Å². The third kappa shape index (κ3) is 2.45. The van der Waals surface area contributed by atoms with Crippen LogP contribution in [0.25, 0.3) is 0 Å². The van der Waals surface area contributed by atoms with Crippen molar-refractivity contribution < 1.29 is 8.42 Å². The van der Waals surface area contributed by atoms with Gasteiger partial charge < -0.3 is 0 Å². The Morgan fingerprint density at radius 3 is 2.55 bits per heavy atom. The van der Waals surface area contributed by atoms with Crippen molar-refractivity contribution in [3.8, 4) is 0 Å². The van der Waals surface area contributed by atoms with Gasteiger partial charge in [0.25, 0.3) is 0 Å².